The zero-order valence-corrected chi connectivity index (χ0v) is 10.3. The van der Waals surface area contributed by atoms with Crippen LogP contribution in [-0.4, -0.2) is 23.1 Å². The van der Waals surface area contributed by atoms with Gasteiger partial charge in [0.2, 0.25) is 5.95 Å². The van der Waals surface area contributed by atoms with Gasteiger partial charge >= 0.3 is 0 Å². The molecule has 0 spiro atoms. The molecule has 5 nitrogen and oxygen atoms in total. The van der Waals surface area contributed by atoms with Crippen LogP contribution in [0.4, 0.5) is 11.8 Å². The van der Waals surface area contributed by atoms with Gasteiger partial charge in [0, 0.05) is 18.5 Å². The summed E-state index contributed by atoms with van der Waals surface area (Å²) in [7, 11) is 2.01. The van der Waals surface area contributed by atoms with Gasteiger partial charge in [-0.1, -0.05) is 12.1 Å². The number of rotatable bonds is 3. The fourth-order valence-electron chi connectivity index (χ4n) is 1.64. The van der Waals surface area contributed by atoms with Gasteiger partial charge < -0.3 is 4.90 Å². The molecule has 0 aliphatic carbocycles. The van der Waals surface area contributed by atoms with Crippen molar-refractivity contribution >= 4 is 22.7 Å². The van der Waals surface area contributed by atoms with Crippen molar-refractivity contribution in [3.63, 3.8) is 0 Å². The van der Waals surface area contributed by atoms with Crippen LogP contribution in [0, 0.1) is 0 Å². The molecule has 3 N–H and O–H groups in total. The lowest BCUT2D eigenvalue weighted by molar-refractivity contribution is 0.746. The van der Waals surface area contributed by atoms with Gasteiger partial charge in [-0.05, 0) is 26.0 Å². The summed E-state index contributed by atoms with van der Waals surface area (Å²) in [4.78, 5) is 10.8. The number of anilines is 2. The molecule has 0 radical (unpaired) electrons. The van der Waals surface area contributed by atoms with E-state index in [1.807, 2.05) is 31.3 Å². The van der Waals surface area contributed by atoms with E-state index in [0.29, 0.717) is 12.0 Å². The van der Waals surface area contributed by atoms with E-state index in [4.69, 9.17) is 5.84 Å². The Morgan fingerprint density at radius 3 is 2.59 bits per heavy atom. The fraction of sp³-hybridized carbons (Fsp3) is 0.333. The standard InChI is InChI=1S/C12H17N5/c1-8(2)17(3)11-9-6-4-5-7-10(9)14-12(15-11)16-13/h4-8H,13H2,1-3H3,(H,14,15,16). The minimum absolute atomic E-state index is 0.360. The van der Waals surface area contributed by atoms with Crippen LogP contribution in [0.1, 0.15) is 13.8 Å². The largest absolute Gasteiger partial charge is 0.357 e. The maximum atomic E-state index is 5.39. The van der Waals surface area contributed by atoms with Gasteiger partial charge in [-0.3, -0.25) is 5.43 Å². The summed E-state index contributed by atoms with van der Waals surface area (Å²) in [6.45, 7) is 4.23. The molecule has 0 saturated carbocycles. The van der Waals surface area contributed by atoms with Gasteiger partial charge in [-0.2, -0.15) is 4.98 Å². The van der Waals surface area contributed by atoms with E-state index in [1.165, 1.54) is 0 Å². The second-order valence-corrected chi connectivity index (χ2v) is 4.24. The lowest BCUT2D eigenvalue weighted by Crippen LogP contribution is -2.27. The normalized spacial score (nSPS) is 10.9. The summed E-state index contributed by atoms with van der Waals surface area (Å²) >= 11 is 0. The summed E-state index contributed by atoms with van der Waals surface area (Å²) < 4.78 is 0. The van der Waals surface area contributed by atoms with Crippen LogP contribution in [0.25, 0.3) is 10.9 Å². The lowest BCUT2D eigenvalue weighted by atomic mass is 10.2. The third-order valence-electron chi connectivity index (χ3n) is 2.82. The number of nitrogens with zero attached hydrogens (tertiary/aromatic N) is 3. The molecule has 0 atom stereocenters. The first-order valence-electron chi connectivity index (χ1n) is 5.59. The van der Waals surface area contributed by atoms with Crippen molar-refractivity contribution in [1.29, 1.82) is 0 Å². The van der Waals surface area contributed by atoms with Gasteiger partial charge in [-0.15, -0.1) is 0 Å². The third-order valence-corrected chi connectivity index (χ3v) is 2.82. The van der Waals surface area contributed by atoms with Crippen LogP contribution in [-0.2, 0) is 0 Å². The van der Waals surface area contributed by atoms with Gasteiger partial charge in [0.25, 0.3) is 0 Å². The number of aromatic nitrogens is 2. The van der Waals surface area contributed by atoms with E-state index < -0.39 is 0 Å². The summed E-state index contributed by atoms with van der Waals surface area (Å²) in [5.41, 5.74) is 3.39. The minimum Gasteiger partial charge on any atom is -0.357 e. The van der Waals surface area contributed by atoms with Crippen molar-refractivity contribution in [2.24, 2.45) is 5.84 Å². The molecule has 0 amide bonds. The predicted octanol–water partition coefficient (Wildman–Crippen LogP) is 1.76. The number of hydrazine groups is 1. The minimum atomic E-state index is 0.360. The monoisotopic (exact) mass is 231 g/mol. The lowest BCUT2D eigenvalue weighted by Gasteiger charge is -2.24. The number of nitrogens with two attached hydrogens (primary N) is 1. The average molecular weight is 231 g/mol. The van der Waals surface area contributed by atoms with Crippen molar-refractivity contribution in [3.05, 3.63) is 24.3 Å². The Morgan fingerprint density at radius 1 is 1.24 bits per heavy atom. The van der Waals surface area contributed by atoms with Crippen LogP contribution in [0.2, 0.25) is 0 Å². The first-order chi connectivity index (χ1) is 8.13. The van der Waals surface area contributed by atoms with Crippen molar-refractivity contribution in [2.75, 3.05) is 17.4 Å². The molecule has 0 bridgehead atoms. The molecule has 0 fully saturated rings. The predicted molar refractivity (Wildman–Crippen MR) is 70.9 cm³/mol. The second kappa shape index (κ2) is 4.55. The number of nitrogens with one attached hydrogen (secondary N) is 1. The highest BCUT2D eigenvalue weighted by Crippen LogP contribution is 2.25. The molecule has 90 valence electrons. The quantitative estimate of drug-likeness (QED) is 0.622. The van der Waals surface area contributed by atoms with Crippen LogP contribution in [0.15, 0.2) is 24.3 Å². The zero-order valence-electron chi connectivity index (χ0n) is 10.3. The molecule has 0 unspecified atom stereocenters. The molecule has 5 heteroatoms. The topological polar surface area (TPSA) is 67.1 Å². The third kappa shape index (κ3) is 2.14. The van der Waals surface area contributed by atoms with Crippen molar-refractivity contribution in [3.8, 4) is 0 Å². The van der Waals surface area contributed by atoms with Crippen molar-refractivity contribution < 1.29 is 0 Å². The van der Waals surface area contributed by atoms with E-state index in [-0.39, 0.29) is 0 Å². The van der Waals surface area contributed by atoms with E-state index in [1.54, 1.807) is 0 Å². The highest BCUT2D eigenvalue weighted by atomic mass is 15.3. The molecule has 0 saturated heterocycles. The van der Waals surface area contributed by atoms with E-state index in [0.717, 1.165) is 16.7 Å². The second-order valence-electron chi connectivity index (χ2n) is 4.24. The molecule has 1 heterocycles. The van der Waals surface area contributed by atoms with Crippen molar-refractivity contribution in [1.82, 2.24) is 9.97 Å². The van der Waals surface area contributed by atoms with Gasteiger partial charge in [0.05, 0.1) is 5.52 Å². The Morgan fingerprint density at radius 2 is 1.94 bits per heavy atom. The molecular weight excluding hydrogens is 214 g/mol. The van der Waals surface area contributed by atoms with Crippen LogP contribution in [0.3, 0.4) is 0 Å². The summed E-state index contributed by atoms with van der Waals surface area (Å²) in [6.07, 6.45) is 0. The van der Waals surface area contributed by atoms with Gasteiger partial charge in [0.15, 0.2) is 0 Å². The number of fused-ring (bicyclic) bond motifs is 1. The summed E-state index contributed by atoms with van der Waals surface area (Å²) in [5, 5.41) is 1.03. The van der Waals surface area contributed by atoms with Crippen LogP contribution >= 0.6 is 0 Å². The maximum Gasteiger partial charge on any atom is 0.239 e. The Kier molecular flexibility index (Phi) is 3.10. The number of nitrogen functional groups attached to an aromatic ring is 1. The molecule has 17 heavy (non-hydrogen) atoms. The first kappa shape index (κ1) is 11.6. The number of hydrogen-bond acceptors (Lipinski definition) is 5. The molecule has 2 rings (SSSR count). The number of para-hydroxylation sites is 1. The molecular formula is C12H17N5. The Labute approximate surface area is 101 Å². The summed E-state index contributed by atoms with van der Waals surface area (Å²) in [5.74, 6) is 6.72. The highest BCUT2D eigenvalue weighted by molar-refractivity contribution is 5.90. The highest BCUT2D eigenvalue weighted by Gasteiger charge is 2.12. The molecule has 2 aromatic rings. The van der Waals surface area contributed by atoms with E-state index in [2.05, 4.69) is 34.1 Å². The van der Waals surface area contributed by atoms with E-state index in [9.17, 15) is 0 Å². The Hall–Kier alpha value is -1.88. The molecule has 0 aliphatic rings. The molecule has 0 aliphatic heterocycles. The SMILES string of the molecule is CC(C)N(C)c1nc(NN)nc2ccccc12. The fourth-order valence-corrected chi connectivity index (χ4v) is 1.64. The smallest absolute Gasteiger partial charge is 0.239 e. The first-order valence-corrected chi connectivity index (χ1v) is 5.59. The zero-order chi connectivity index (χ0) is 12.4. The summed E-state index contributed by atoms with van der Waals surface area (Å²) in [6, 6.07) is 8.27. The van der Waals surface area contributed by atoms with Gasteiger partial charge in [0.1, 0.15) is 5.82 Å². The van der Waals surface area contributed by atoms with Gasteiger partial charge in [-0.25, -0.2) is 10.8 Å². The van der Waals surface area contributed by atoms with Crippen LogP contribution in [0.5, 0.6) is 0 Å². The molecule has 1 aromatic carbocycles. The van der Waals surface area contributed by atoms with Crippen molar-refractivity contribution in [2.45, 2.75) is 19.9 Å². The Balaban J connectivity index is 2.66. The Bertz CT molecular complexity index is 523. The number of benzene rings is 1. The molecule has 1 aromatic heterocycles. The van der Waals surface area contributed by atoms with E-state index >= 15 is 0 Å². The van der Waals surface area contributed by atoms with Crippen LogP contribution < -0.4 is 16.2 Å². The maximum absolute atomic E-state index is 5.39. The number of hydrogen-bond donors (Lipinski definition) is 2. The average Bonchev–Trinajstić information content (AvgIpc) is 2.36.